The van der Waals surface area contributed by atoms with Crippen molar-refractivity contribution in [3.8, 4) is 0 Å². The van der Waals surface area contributed by atoms with E-state index in [2.05, 4.69) is 10.0 Å². The molecular formula is C16H13Cl2FN2O3S. The SMILES string of the molecule is O=C(Nc1ccc(NS(=O)(=O)c2ccc(F)cc2)cc1)C1CC1(Cl)Cl. The molecule has 132 valence electrons. The summed E-state index contributed by atoms with van der Waals surface area (Å²) in [7, 11) is -3.82. The van der Waals surface area contributed by atoms with Gasteiger partial charge in [-0.3, -0.25) is 9.52 Å². The topological polar surface area (TPSA) is 75.3 Å². The summed E-state index contributed by atoms with van der Waals surface area (Å²) < 4.78 is 38.7. The van der Waals surface area contributed by atoms with Crippen LogP contribution in [0.15, 0.2) is 53.4 Å². The zero-order valence-electron chi connectivity index (χ0n) is 12.7. The van der Waals surface area contributed by atoms with Crippen molar-refractivity contribution in [2.45, 2.75) is 15.6 Å². The van der Waals surface area contributed by atoms with Gasteiger partial charge in [-0.25, -0.2) is 12.8 Å². The molecule has 1 amide bonds. The number of amides is 1. The Balaban J connectivity index is 1.66. The van der Waals surface area contributed by atoms with Crippen molar-refractivity contribution in [2.24, 2.45) is 5.92 Å². The minimum atomic E-state index is -3.82. The van der Waals surface area contributed by atoms with Crippen molar-refractivity contribution >= 4 is 50.5 Å². The Labute approximate surface area is 154 Å². The summed E-state index contributed by atoms with van der Waals surface area (Å²) in [5.74, 6) is -1.26. The Morgan fingerprint density at radius 2 is 1.56 bits per heavy atom. The van der Waals surface area contributed by atoms with Crippen LogP contribution in [-0.2, 0) is 14.8 Å². The molecule has 0 radical (unpaired) electrons. The third kappa shape index (κ3) is 4.23. The molecular weight excluding hydrogens is 390 g/mol. The van der Waals surface area contributed by atoms with Crippen molar-refractivity contribution in [2.75, 3.05) is 10.0 Å². The van der Waals surface area contributed by atoms with Gasteiger partial charge in [-0.2, -0.15) is 0 Å². The Morgan fingerprint density at radius 1 is 1.04 bits per heavy atom. The van der Waals surface area contributed by atoms with Crippen LogP contribution >= 0.6 is 23.2 Å². The van der Waals surface area contributed by atoms with E-state index < -0.39 is 26.1 Å². The summed E-state index contributed by atoms with van der Waals surface area (Å²) in [6, 6.07) is 10.6. The number of alkyl halides is 2. The van der Waals surface area contributed by atoms with Crippen molar-refractivity contribution in [3.05, 3.63) is 54.3 Å². The fourth-order valence-corrected chi connectivity index (χ4v) is 3.74. The van der Waals surface area contributed by atoms with Gasteiger partial charge in [-0.1, -0.05) is 0 Å². The molecule has 2 N–H and O–H groups in total. The first-order chi connectivity index (χ1) is 11.7. The van der Waals surface area contributed by atoms with Crippen LogP contribution in [0.2, 0.25) is 0 Å². The standard InChI is InChI=1S/C16H13Cl2FN2O3S/c17-16(18)9-14(16)15(22)20-11-3-5-12(6-4-11)21-25(23,24)13-7-1-10(19)2-8-13/h1-8,14,21H,9H2,(H,20,22). The van der Waals surface area contributed by atoms with Crippen LogP contribution in [0.1, 0.15) is 6.42 Å². The second kappa shape index (κ2) is 6.48. The van der Waals surface area contributed by atoms with Gasteiger partial charge in [0.2, 0.25) is 5.91 Å². The van der Waals surface area contributed by atoms with Gasteiger partial charge >= 0.3 is 0 Å². The summed E-state index contributed by atoms with van der Waals surface area (Å²) in [6.45, 7) is 0. The Bertz CT molecular complexity index is 900. The minimum absolute atomic E-state index is 0.0550. The number of carbonyl (C=O) groups excluding carboxylic acids is 1. The minimum Gasteiger partial charge on any atom is -0.326 e. The van der Waals surface area contributed by atoms with E-state index in [4.69, 9.17) is 23.2 Å². The van der Waals surface area contributed by atoms with E-state index >= 15 is 0 Å². The first-order valence-corrected chi connectivity index (χ1v) is 9.48. The average Bonchev–Trinajstić information content (AvgIpc) is 3.18. The number of halogens is 3. The van der Waals surface area contributed by atoms with Gasteiger partial charge in [0.05, 0.1) is 10.8 Å². The smallest absolute Gasteiger partial charge is 0.261 e. The first-order valence-electron chi connectivity index (χ1n) is 7.24. The van der Waals surface area contributed by atoms with E-state index in [9.17, 15) is 17.6 Å². The predicted molar refractivity (Wildman–Crippen MR) is 94.8 cm³/mol. The third-order valence-corrected chi connectivity index (χ3v) is 5.90. The zero-order chi connectivity index (χ0) is 18.2. The number of anilines is 2. The number of carbonyl (C=O) groups is 1. The number of benzene rings is 2. The van der Waals surface area contributed by atoms with Crippen molar-refractivity contribution in [1.82, 2.24) is 0 Å². The highest BCUT2D eigenvalue weighted by Gasteiger charge is 2.56. The lowest BCUT2D eigenvalue weighted by Crippen LogP contribution is -2.17. The highest BCUT2D eigenvalue weighted by Crippen LogP contribution is 2.53. The zero-order valence-corrected chi connectivity index (χ0v) is 15.0. The molecule has 1 aliphatic carbocycles. The molecule has 5 nitrogen and oxygen atoms in total. The van der Waals surface area contributed by atoms with Crippen LogP contribution in [-0.4, -0.2) is 18.7 Å². The third-order valence-electron chi connectivity index (χ3n) is 3.67. The van der Waals surface area contributed by atoms with Gasteiger partial charge in [0.25, 0.3) is 10.0 Å². The van der Waals surface area contributed by atoms with Gasteiger partial charge < -0.3 is 5.32 Å². The van der Waals surface area contributed by atoms with E-state index in [0.717, 1.165) is 12.1 Å². The Kier molecular flexibility index (Phi) is 4.66. The van der Waals surface area contributed by atoms with Gasteiger partial charge in [-0.05, 0) is 55.0 Å². The summed E-state index contributed by atoms with van der Waals surface area (Å²) >= 11 is 11.7. The molecule has 1 unspecified atom stereocenters. The number of hydrogen-bond acceptors (Lipinski definition) is 3. The van der Waals surface area contributed by atoms with E-state index in [1.807, 2.05) is 0 Å². The largest absolute Gasteiger partial charge is 0.326 e. The molecule has 0 saturated heterocycles. The van der Waals surface area contributed by atoms with Gasteiger partial charge in [0.1, 0.15) is 10.2 Å². The van der Waals surface area contributed by atoms with Crippen LogP contribution in [0.5, 0.6) is 0 Å². The molecule has 9 heteroatoms. The maximum atomic E-state index is 12.9. The molecule has 0 aromatic heterocycles. The second-order valence-electron chi connectivity index (χ2n) is 5.64. The number of hydrogen-bond donors (Lipinski definition) is 2. The van der Waals surface area contributed by atoms with Crippen LogP contribution in [0.3, 0.4) is 0 Å². The van der Waals surface area contributed by atoms with Crippen molar-refractivity contribution in [3.63, 3.8) is 0 Å². The van der Waals surface area contributed by atoms with Gasteiger partial charge in [0.15, 0.2) is 0 Å². The summed E-state index contributed by atoms with van der Waals surface area (Å²) in [5, 5.41) is 2.66. The van der Waals surface area contributed by atoms with E-state index in [0.29, 0.717) is 17.8 Å². The van der Waals surface area contributed by atoms with Crippen LogP contribution in [0.4, 0.5) is 15.8 Å². The molecule has 1 saturated carbocycles. The monoisotopic (exact) mass is 402 g/mol. The lowest BCUT2D eigenvalue weighted by Gasteiger charge is -2.10. The maximum Gasteiger partial charge on any atom is 0.261 e. The van der Waals surface area contributed by atoms with E-state index in [-0.39, 0.29) is 10.8 Å². The Hall–Kier alpha value is -1.83. The number of nitrogens with one attached hydrogen (secondary N) is 2. The van der Waals surface area contributed by atoms with Crippen LogP contribution < -0.4 is 10.0 Å². The van der Waals surface area contributed by atoms with Gasteiger partial charge in [0, 0.05) is 11.4 Å². The molecule has 2 aromatic carbocycles. The fourth-order valence-electron chi connectivity index (χ4n) is 2.18. The molecule has 3 rings (SSSR count). The average molecular weight is 403 g/mol. The van der Waals surface area contributed by atoms with Gasteiger partial charge in [-0.15, -0.1) is 23.2 Å². The molecule has 0 aliphatic heterocycles. The molecule has 0 bridgehead atoms. The quantitative estimate of drug-likeness (QED) is 0.747. The van der Waals surface area contributed by atoms with Crippen LogP contribution in [0.25, 0.3) is 0 Å². The molecule has 25 heavy (non-hydrogen) atoms. The Morgan fingerprint density at radius 3 is 2.08 bits per heavy atom. The van der Waals surface area contributed by atoms with Crippen molar-refractivity contribution < 1.29 is 17.6 Å². The molecule has 1 aliphatic rings. The second-order valence-corrected chi connectivity index (χ2v) is 8.87. The summed E-state index contributed by atoms with van der Waals surface area (Å²) in [5.41, 5.74) is 0.795. The number of rotatable bonds is 5. The predicted octanol–water partition coefficient (Wildman–Crippen LogP) is 3.76. The van der Waals surface area contributed by atoms with E-state index in [1.165, 1.54) is 24.3 Å². The normalized spacial score (nSPS) is 18.4. The van der Waals surface area contributed by atoms with Crippen LogP contribution in [0, 0.1) is 11.7 Å². The van der Waals surface area contributed by atoms with E-state index in [1.54, 1.807) is 12.1 Å². The molecule has 0 heterocycles. The lowest BCUT2D eigenvalue weighted by atomic mass is 10.2. The lowest BCUT2D eigenvalue weighted by molar-refractivity contribution is -0.117. The molecule has 1 atom stereocenters. The number of sulfonamides is 1. The molecule has 0 spiro atoms. The fraction of sp³-hybridized carbons (Fsp3) is 0.188. The summed E-state index contributed by atoms with van der Waals surface area (Å²) in [6.07, 6.45) is 0.400. The summed E-state index contributed by atoms with van der Waals surface area (Å²) in [4.78, 5) is 11.8. The maximum absolute atomic E-state index is 12.9. The molecule has 2 aromatic rings. The highest BCUT2D eigenvalue weighted by molar-refractivity contribution is 7.92. The highest BCUT2D eigenvalue weighted by atomic mass is 35.5. The van der Waals surface area contributed by atoms with Crippen molar-refractivity contribution in [1.29, 1.82) is 0 Å². The first kappa shape index (κ1) is 18.0. The molecule has 1 fully saturated rings.